The predicted molar refractivity (Wildman–Crippen MR) is 74.8 cm³/mol. The van der Waals surface area contributed by atoms with Crippen molar-refractivity contribution in [3.05, 3.63) is 16.3 Å². The molecule has 0 unspecified atom stereocenters. The van der Waals surface area contributed by atoms with E-state index in [0.29, 0.717) is 24.6 Å². The van der Waals surface area contributed by atoms with Crippen LogP contribution < -0.4 is 4.72 Å². The molecule has 0 spiro atoms. The maximum absolute atomic E-state index is 11.9. The molecule has 8 heteroatoms. The Morgan fingerprint density at radius 1 is 1.47 bits per heavy atom. The van der Waals surface area contributed by atoms with Crippen LogP contribution in [0.3, 0.4) is 0 Å². The maximum Gasteiger partial charge on any atom is 0.241 e. The van der Waals surface area contributed by atoms with Crippen molar-refractivity contribution in [1.29, 1.82) is 0 Å². The summed E-state index contributed by atoms with van der Waals surface area (Å²) in [5.74, 6) is 0. The number of likely N-dealkylation sites (N-methyl/N-ethyl adjacent to an activating group) is 1. The Morgan fingerprint density at radius 2 is 2.21 bits per heavy atom. The van der Waals surface area contributed by atoms with Crippen molar-refractivity contribution in [3.63, 3.8) is 0 Å². The predicted octanol–water partition coefficient (Wildman–Crippen LogP) is 0.0969. The van der Waals surface area contributed by atoms with Crippen LogP contribution in [0.4, 0.5) is 0 Å². The summed E-state index contributed by atoms with van der Waals surface area (Å²) in [6.45, 7) is 2.19. The molecule has 0 aliphatic rings. The fraction of sp³-hybridized carbons (Fsp3) is 0.636. The fourth-order valence-electron chi connectivity index (χ4n) is 1.40. The Balaban J connectivity index is 2.43. The number of aliphatic hydroxyl groups excluding tert-OH is 1. The largest absolute Gasteiger partial charge is 0.391 e. The number of sulfonamides is 1. The summed E-state index contributed by atoms with van der Waals surface area (Å²) in [5.41, 5.74) is 0. The Kier molecular flexibility index (Phi) is 6.90. The van der Waals surface area contributed by atoms with Crippen LogP contribution in [0, 0.1) is 0 Å². The van der Waals surface area contributed by atoms with Gasteiger partial charge in [-0.25, -0.2) is 13.1 Å². The van der Waals surface area contributed by atoms with Crippen LogP contribution in [0.25, 0.3) is 0 Å². The highest BCUT2D eigenvalue weighted by Gasteiger charge is 2.15. The van der Waals surface area contributed by atoms with E-state index in [9.17, 15) is 8.42 Å². The van der Waals surface area contributed by atoms with Gasteiger partial charge in [0.1, 0.15) is 0 Å². The zero-order valence-electron chi connectivity index (χ0n) is 11.1. The van der Waals surface area contributed by atoms with Crippen LogP contribution in [0.5, 0.6) is 0 Å². The first kappa shape index (κ1) is 16.5. The third kappa shape index (κ3) is 5.55. The highest BCUT2D eigenvalue weighted by Crippen LogP contribution is 2.18. The van der Waals surface area contributed by atoms with E-state index in [2.05, 4.69) is 4.72 Å². The second-order valence-electron chi connectivity index (χ2n) is 4.10. The smallest absolute Gasteiger partial charge is 0.241 e. The molecular formula is C11H20N2O4S2. The SMILES string of the molecule is COCCN(C)CCNS(=O)(=O)c1csc(CO)c1. The number of thiophene rings is 1. The van der Waals surface area contributed by atoms with Crippen molar-refractivity contribution in [3.8, 4) is 0 Å². The van der Waals surface area contributed by atoms with Gasteiger partial charge in [0.25, 0.3) is 0 Å². The molecule has 1 aromatic rings. The van der Waals surface area contributed by atoms with Crippen LogP contribution in [-0.4, -0.2) is 58.8 Å². The lowest BCUT2D eigenvalue weighted by Gasteiger charge is -2.15. The van der Waals surface area contributed by atoms with Gasteiger partial charge in [-0.1, -0.05) is 0 Å². The van der Waals surface area contributed by atoms with Gasteiger partial charge >= 0.3 is 0 Å². The minimum Gasteiger partial charge on any atom is -0.391 e. The number of aliphatic hydroxyl groups is 1. The van der Waals surface area contributed by atoms with Crippen molar-refractivity contribution in [2.45, 2.75) is 11.5 Å². The Morgan fingerprint density at radius 3 is 2.79 bits per heavy atom. The molecule has 0 saturated heterocycles. The molecule has 0 radical (unpaired) electrons. The summed E-state index contributed by atoms with van der Waals surface area (Å²) in [6.07, 6.45) is 0. The molecule has 1 heterocycles. The van der Waals surface area contributed by atoms with Crippen LogP contribution in [-0.2, 0) is 21.4 Å². The molecule has 0 bridgehead atoms. The number of methoxy groups -OCH3 is 1. The van der Waals surface area contributed by atoms with Crippen molar-refractivity contribution in [2.75, 3.05) is 40.4 Å². The van der Waals surface area contributed by atoms with Gasteiger partial charge in [0, 0.05) is 37.0 Å². The van der Waals surface area contributed by atoms with E-state index >= 15 is 0 Å². The number of nitrogens with zero attached hydrogens (tertiary/aromatic N) is 1. The third-order valence-corrected chi connectivity index (χ3v) is 5.07. The molecule has 1 aromatic heterocycles. The second-order valence-corrected chi connectivity index (χ2v) is 6.86. The van der Waals surface area contributed by atoms with E-state index < -0.39 is 10.0 Å². The zero-order valence-corrected chi connectivity index (χ0v) is 12.8. The standard InChI is InChI=1S/C11H20N2O4S2/c1-13(5-6-17-2)4-3-12-19(15,16)11-7-10(8-14)18-9-11/h7,9,12,14H,3-6,8H2,1-2H3. The summed E-state index contributed by atoms with van der Waals surface area (Å²) in [7, 11) is 0.0610. The van der Waals surface area contributed by atoms with Gasteiger partial charge in [-0.3, -0.25) is 0 Å². The molecule has 6 nitrogen and oxygen atoms in total. The van der Waals surface area contributed by atoms with E-state index in [1.54, 1.807) is 7.11 Å². The van der Waals surface area contributed by atoms with E-state index in [0.717, 1.165) is 6.54 Å². The minimum atomic E-state index is -3.47. The Bertz CT molecular complexity index is 473. The molecule has 0 saturated carbocycles. The molecule has 1 rings (SSSR count). The number of rotatable bonds is 9. The van der Waals surface area contributed by atoms with Crippen LogP contribution >= 0.6 is 11.3 Å². The fourth-order valence-corrected chi connectivity index (χ4v) is 3.55. The molecule has 19 heavy (non-hydrogen) atoms. The first-order valence-corrected chi connectivity index (χ1v) is 8.21. The normalized spacial score (nSPS) is 12.2. The number of nitrogens with one attached hydrogen (secondary N) is 1. The summed E-state index contributed by atoms with van der Waals surface area (Å²) < 4.78 is 31.3. The molecule has 0 fully saturated rings. The molecule has 0 amide bonds. The molecule has 0 aliphatic carbocycles. The first-order valence-electron chi connectivity index (χ1n) is 5.85. The van der Waals surface area contributed by atoms with Crippen molar-refractivity contribution in [2.24, 2.45) is 0 Å². The molecule has 2 N–H and O–H groups in total. The van der Waals surface area contributed by atoms with Gasteiger partial charge in [-0.15, -0.1) is 11.3 Å². The van der Waals surface area contributed by atoms with E-state index in [-0.39, 0.29) is 11.5 Å². The molecule has 0 aliphatic heterocycles. The van der Waals surface area contributed by atoms with Crippen LogP contribution in [0.15, 0.2) is 16.3 Å². The summed E-state index contributed by atoms with van der Waals surface area (Å²) in [4.78, 5) is 2.83. The average molecular weight is 308 g/mol. The molecule has 0 aromatic carbocycles. The van der Waals surface area contributed by atoms with Gasteiger partial charge in [-0.05, 0) is 13.1 Å². The molecule has 110 valence electrons. The third-order valence-electron chi connectivity index (χ3n) is 2.56. The van der Waals surface area contributed by atoms with Gasteiger partial charge < -0.3 is 14.7 Å². The van der Waals surface area contributed by atoms with Crippen LogP contribution in [0.2, 0.25) is 0 Å². The lowest BCUT2D eigenvalue weighted by molar-refractivity contribution is 0.162. The van der Waals surface area contributed by atoms with E-state index in [4.69, 9.17) is 9.84 Å². The lowest BCUT2D eigenvalue weighted by Crippen LogP contribution is -2.34. The highest BCUT2D eigenvalue weighted by atomic mass is 32.2. The average Bonchev–Trinajstić information content (AvgIpc) is 2.85. The number of ether oxygens (including phenoxy) is 1. The van der Waals surface area contributed by atoms with Crippen molar-refractivity contribution >= 4 is 21.4 Å². The lowest BCUT2D eigenvalue weighted by atomic mass is 10.5. The van der Waals surface area contributed by atoms with Gasteiger partial charge in [0.2, 0.25) is 10.0 Å². The quantitative estimate of drug-likeness (QED) is 0.676. The first-order chi connectivity index (χ1) is 8.99. The topological polar surface area (TPSA) is 78.9 Å². The van der Waals surface area contributed by atoms with E-state index in [1.807, 2.05) is 11.9 Å². The summed E-state index contributed by atoms with van der Waals surface area (Å²) in [5, 5.41) is 10.5. The monoisotopic (exact) mass is 308 g/mol. The van der Waals surface area contributed by atoms with Gasteiger partial charge in [0.15, 0.2) is 0 Å². The van der Waals surface area contributed by atoms with E-state index in [1.165, 1.54) is 22.8 Å². The summed E-state index contributed by atoms with van der Waals surface area (Å²) in [6, 6.07) is 1.49. The molecule has 0 atom stereocenters. The highest BCUT2D eigenvalue weighted by molar-refractivity contribution is 7.89. The van der Waals surface area contributed by atoms with Crippen molar-refractivity contribution in [1.82, 2.24) is 9.62 Å². The van der Waals surface area contributed by atoms with Crippen molar-refractivity contribution < 1.29 is 18.3 Å². The number of hydrogen-bond acceptors (Lipinski definition) is 6. The Hall–Kier alpha value is -0.510. The summed E-state index contributed by atoms with van der Waals surface area (Å²) >= 11 is 1.23. The van der Waals surface area contributed by atoms with Gasteiger partial charge in [0.05, 0.1) is 18.1 Å². The zero-order chi connectivity index (χ0) is 14.3. The Labute approximate surface area is 118 Å². The number of hydrogen-bond donors (Lipinski definition) is 2. The minimum absolute atomic E-state index is 0.139. The molecular weight excluding hydrogens is 288 g/mol. The second kappa shape index (κ2) is 7.93. The van der Waals surface area contributed by atoms with Gasteiger partial charge in [-0.2, -0.15) is 0 Å². The maximum atomic E-state index is 11.9. The van der Waals surface area contributed by atoms with Crippen LogP contribution in [0.1, 0.15) is 4.88 Å².